The molecule has 0 amide bonds. The Morgan fingerprint density at radius 2 is 1.95 bits per heavy atom. The van der Waals surface area contributed by atoms with E-state index in [-0.39, 0.29) is 17.7 Å². The average Bonchev–Trinajstić information content (AvgIpc) is 2.35. The summed E-state index contributed by atoms with van der Waals surface area (Å²) < 4.78 is 27.3. The van der Waals surface area contributed by atoms with E-state index in [0.29, 0.717) is 0 Å². The highest BCUT2D eigenvalue weighted by Crippen LogP contribution is 2.24. The standard InChI is InChI=1S/C14H23F2N3/c1-5-6-7-8-19(10(2)3)14-12(16)9-11(15)13(17-4)18-14/h9-10H,5-8H2,1-4H3,(H,17,18). The monoisotopic (exact) mass is 271 g/mol. The number of aromatic nitrogens is 1. The maximum atomic E-state index is 13.9. The van der Waals surface area contributed by atoms with Gasteiger partial charge in [0.2, 0.25) is 0 Å². The molecule has 0 bridgehead atoms. The number of halogens is 2. The van der Waals surface area contributed by atoms with Crippen LogP contribution in [-0.2, 0) is 0 Å². The van der Waals surface area contributed by atoms with Crippen molar-refractivity contribution in [1.82, 2.24) is 4.98 Å². The van der Waals surface area contributed by atoms with E-state index in [2.05, 4.69) is 17.2 Å². The molecule has 0 fully saturated rings. The van der Waals surface area contributed by atoms with Crippen LogP contribution in [0.3, 0.4) is 0 Å². The number of nitrogens with one attached hydrogen (secondary N) is 1. The second kappa shape index (κ2) is 7.26. The topological polar surface area (TPSA) is 28.2 Å². The van der Waals surface area contributed by atoms with E-state index in [1.54, 1.807) is 7.05 Å². The first-order chi connectivity index (χ1) is 9.01. The summed E-state index contributed by atoms with van der Waals surface area (Å²) in [6, 6.07) is 1.01. The lowest BCUT2D eigenvalue weighted by atomic mass is 10.2. The van der Waals surface area contributed by atoms with E-state index in [0.717, 1.165) is 31.9 Å². The molecule has 3 nitrogen and oxygen atoms in total. The van der Waals surface area contributed by atoms with Crippen molar-refractivity contribution >= 4 is 11.6 Å². The number of anilines is 2. The molecule has 0 aromatic carbocycles. The van der Waals surface area contributed by atoms with Gasteiger partial charge in [0.15, 0.2) is 23.3 Å². The van der Waals surface area contributed by atoms with Crippen molar-refractivity contribution in [1.29, 1.82) is 0 Å². The summed E-state index contributed by atoms with van der Waals surface area (Å²) in [6.07, 6.45) is 3.17. The van der Waals surface area contributed by atoms with Crippen LogP contribution in [0.2, 0.25) is 0 Å². The van der Waals surface area contributed by atoms with Gasteiger partial charge in [0.05, 0.1) is 0 Å². The van der Waals surface area contributed by atoms with Gasteiger partial charge >= 0.3 is 0 Å². The molecule has 1 rings (SSSR count). The number of pyridine rings is 1. The van der Waals surface area contributed by atoms with Crippen LogP contribution in [0.15, 0.2) is 6.07 Å². The first-order valence-electron chi connectivity index (χ1n) is 6.81. The summed E-state index contributed by atoms with van der Waals surface area (Å²) in [4.78, 5) is 5.94. The quantitative estimate of drug-likeness (QED) is 0.764. The fourth-order valence-corrected chi connectivity index (χ4v) is 1.97. The van der Waals surface area contributed by atoms with Gasteiger partial charge in [0.1, 0.15) is 0 Å². The Morgan fingerprint density at radius 1 is 1.26 bits per heavy atom. The van der Waals surface area contributed by atoms with Crippen LogP contribution in [0.25, 0.3) is 0 Å². The minimum atomic E-state index is -0.666. The van der Waals surface area contributed by atoms with Crippen molar-refractivity contribution in [3.05, 3.63) is 17.7 Å². The predicted molar refractivity (Wildman–Crippen MR) is 75.7 cm³/mol. The van der Waals surface area contributed by atoms with Crippen LogP contribution in [-0.4, -0.2) is 24.6 Å². The Morgan fingerprint density at radius 3 is 2.47 bits per heavy atom. The molecular weight excluding hydrogens is 248 g/mol. The zero-order valence-electron chi connectivity index (χ0n) is 12.1. The van der Waals surface area contributed by atoms with Gasteiger partial charge in [0, 0.05) is 25.7 Å². The van der Waals surface area contributed by atoms with Crippen molar-refractivity contribution in [2.75, 3.05) is 23.8 Å². The van der Waals surface area contributed by atoms with Crippen LogP contribution < -0.4 is 10.2 Å². The molecule has 0 saturated carbocycles. The van der Waals surface area contributed by atoms with E-state index in [1.807, 2.05) is 18.7 Å². The Kier molecular flexibility index (Phi) is 5.99. The van der Waals surface area contributed by atoms with E-state index in [9.17, 15) is 8.78 Å². The van der Waals surface area contributed by atoms with Gasteiger partial charge in [-0.1, -0.05) is 19.8 Å². The summed E-state index contributed by atoms with van der Waals surface area (Å²) in [7, 11) is 1.57. The summed E-state index contributed by atoms with van der Waals surface area (Å²) in [5.41, 5.74) is 0. The highest BCUT2D eigenvalue weighted by Gasteiger charge is 2.19. The largest absolute Gasteiger partial charge is 0.371 e. The lowest BCUT2D eigenvalue weighted by Gasteiger charge is -2.28. The molecule has 5 heteroatoms. The molecule has 0 aliphatic carbocycles. The lowest BCUT2D eigenvalue weighted by molar-refractivity contribution is 0.552. The van der Waals surface area contributed by atoms with Gasteiger partial charge in [-0.05, 0) is 20.3 Å². The summed E-state index contributed by atoms with van der Waals surface area (Å²) in [6.45, 7) is 6.81. The first-order valence-corrected chi connectivity index (χ1v) is 6.81. The third-order valence-corrected chi connectivity index (χ3v) is 3.05. The van der Waals surface area contributed by atoms with E-state index < -0.39 is 11.6 Å². The van der Waals surface area contributed by atoms with Crippen LogP contribution in [0.5, 0.6) is 0 Å². The molecule has 0 atom stereocenters. The van der Waals surface area contributed by atoms with E-state index in [1.165, 1.54) is 0 Å². The number of rotatable bonds is 7. The minimum Gasteiger partial charge on any atom is -0.371 e. The van der Waals surface area contributed by atoms with Crippen LogP contribution in [0.4, 0.5) is 20.4 Å². The van der Waals surface area contributed by atoms with Crippen LogP contribution in [0.1, 0.15) is 40.0 Å². The lowest BCUT2D eigenvalue weighted by Crippen LogP contribution is -2.33. The van der Waals surface area contributed by atoms with E-state index in [4.69, 9.17) is 0 Å². The molecular formula is C14H23F2N3. The molecule has 0 spiro atoms. The summed E-state index contributed by atoms with van der Waals surface area (Å²) in [5.74, 6) is -0.975. The fourth-order valence-electron chi connectivity index (χ4n) is 1.97. The fraction of sp³-hybridized carbons (Fsp3) is 0.643. The Hall–Kier alpha value is -1.39. The van der Waals surface area contributed by atoms with Gasteiger partial charge in [-0.15, -0.1) is 0 Å². The molecule has 1 aromatic rings. The van der Waals surface area contributed by atoms with Crippen molar-refractivity contribution < 1.29 is 8.78 Å². The molecule has 0 radical (unpaired) electrons. The van der Waals surface area contributed by atoms with Gasteiger partial charge in [-0.3, -0.25) is 0 Å². The van der Waals surface area contributed by atoms with Crippen molar-refractivity contribution in [3.8, 4) is 0 Å². The third-order valence-electron chi connectivity index (χ3n) is 3.05. The zero-order chi connectivity index (χ0) is 14.4. The first kappa shape index (κ1) is 15.7. The van der Waals surface area contributed by atoms with Gasteiger partial charge in [-0.25, -0.2) is 13.8 Å². The Balaban J connectivity index is 3.01. The average molecular weight is 271 g/mol. The van der Waals surface area contributed by atoms with Crippen molar-refractivity contribution in [3.63, 3.8) is 0 Å². The number of nitrogens with zero attached hydrogens (tertiary/aromatic N) is 2. The smallest absolute Gasteiger partial charge is 0.168 e. The van der Waals surface area contributed by atoms with Crippen molar-refractivity contribution in [2.24, 2.45) is 0 Å². The second-order valence-electron chi connectivity index (χ2n) is 4.87. The number of unbranched alkanes of at least 4 members (excludes halogenated alkanes) is 2. The maximum Gasteiger partial charge on any atom is 0.168 e. The summed E-state index contributed by atoms with van der Waals surface area (Å²) in [5, 5.41) is 2.64. The normalized spacial score (nSPS) is 10.9. The molecule has 1 heterocycles. The third kappa shape index (κ3) is 4.04. The molecule has 0 aliphatic heterocycles. The molecule has 0 aliphatic rings. The molecule has 0 unspecified atom stereocenters. The molecule has 19 heavy (non-hydrogen) atoms. The molecule has 0 saturated heterocycles. The SMILES string of the molecule is CCCCCN(c1nc(NC)c(F)cc1F)C(C)C. The number of hydrogen-bond donors (Lipinski definition) is 1. The highest BCUT2D eigenvalue weighted by molar-refractivity contribution is 5.49. The predicted octanol–water partition coefficient (Wildman–Crippen LogP) is 3.81. The highest BCUT2D eigenvalue weighted by atomic mass is 19.1. The van der Waals surface area contributed by atoms with Gasteiger partial charge < -0.3 is 10.2 Å². The summed E-state index contributed by atoms with van der Waals surface area (Å²) >= 11 is 0. The Labute approximate surface area is 114 Å². The van der Waals surface area contributed by atoms with Gasteiger partial charge in [-0.2, -0.15) is 0 Å². The molecule has 1 N–H and O–H groups in total. The van der Waals surface area contributed by atoms with Crippen molar-refractivity contribution in [2.45, 2.75) is 46.1 Å². The van der Waals surface area contributed by atoms with Gasteiger partial charge in [0.25, 0.3) is 0 Å². The number of hydrogen-bond acceptors (Lipinski definition) is 3. The Bertz CT molecular complexity index is 408. The van der Waals surface area contributed by atoms with Crippen LogP contribution >= 0.6 is 0 Å². The van der Waals surface area contributed by atoms with E-state index >= 15 is 0 Å². The molecule has 108 valence electrons. The maximum absolute atomic E-state index is 13.9. The minimum absolute atomic E-state index is 0.0811. The molecule has 1 aromatic heterocycles. The van der Waals surface area contributed by atoms with Crippen LogP contribution in [0, 0.1) is 11.6 Å². The zero-order valence-corrected chi connectivity index (χ0v) is 12.1. The second-order valence-corrected chi connectivity index (χ2v) is 4.87.